The number of thioether (sulfide) groups is 1. The van der Waals surface area contributed by atoms with Crippen LogP contribution in [0.1, 0.15) is 48.0 Å². The molecule has 9 heteroatoms. The van der Waals surface area contributed by atoms with Gasteiger partial charge in [0.1, 0.15) is 15.7 Å². The number of aromatic nitrogens is 3. The Morgan fingerprint density at radius 2 is 2.18 bits per heavy atom. The quantitative estimate of drug-likeness (QED) is 0.619. The van der Waals surface area contributed by atoms with Gasteiger partial charge in [0.05, 0.1) is 22.4 Å². The van der Waals surface area contributed by atoms with Crippen LogP contribution in [-0.4, -0.2) is 26.6 Å². The lowest BCUT2D eigenvalue weighted by atomic mass is 9.97. The molecule has 1 aliphatic rings. The summed E-state index contributed by atoms with van der Waals surface area (Å²) in [7, 11) is 0. The molecular formula is C19H22N4O2S3. The number of hydrogen-bond acceptors (Lipinski definition) is 7. The lowest BCUT2D eigenvalue weighted by Gasteiger charge is -2.23. The molecule has 0 atom stereocenters. The topological polar surface area (TPSA) is 87.7 Å². The molecule has 0 bridgehead atoms. The number of amides is 1. The Kier molecular flexibility index (Phi) is 5.57. The Bertz CT molecular complexity index is 1050. The number of nitrogens with one attached hydrogen (secondary N) is 2. The SMILES string of the molecule is CC(C)(NC(=O)CSCc1nc2sc3c(c2c(=O)[nH]1)CCCC3)c1nccs1. The predicted octanol–water partition coefficient (Wildman–Crippen LogP) is 3.60. The monoisotopic (exact) mass is 434 g/mol. The minimum Gasteiger partial charge on any atom is -0.344 e. The number of hydrogen-bond donors (Lipinski definition) is 2. The van der Waals surface area contributed by atoms with Gasteiger partial charge in [0.2, 0.25) is 5.91 Å². The molecule has 0 fully saturated rings. The summed E-state index contributed by atoms with van der Waals surface area (Å²) in [4.78, 5) is 38.9. The number of thiophene rings is 1. The van der Waals surface area contributed by atoms with Gasteiger partial charge in [0, 0.05) is 16.5 Å². The average Bonchev–Trinajstić information content (AvgIpc) is 3.29. The molecule has 0 radical (unpaired) electrons. The van der Waals surface area contributed by atoms with Crippen molar-refractivity contribution < 1.29 is 4.79 Å². The van der Waals surface area contributed by atoms with Crippen molar-refractivity contribution in [3.8, 4) is 0 Å². The fraction of sp³-hybridized carbons (Fsp3) is 0.474. The number of thiazole rings is 1. The summed E-state index contributed by atoms with van der Waals surface area (Å²) in [6.07, 6.45) is 6.09. The number of nitrogens with zero attached hydrogens (tertiary/aromatic N) is 2. The standard InChI is InChI=1S/C19H22N4O2S3/c1-19(2,18-20-7-8-27-18)23-14(24)10-26-9-13-21-16(25)15-11-5-3-4-6-12(11)28-17(15)22-13/h7-8H,3-6,9-10H2,1-2H3,(H,23,24)(H,21,22,25). The summed E-state index contributed by atoms with van der Waals surface area (Å²) in [5.41, 5.74) is 0.658. The Labute approximate surface area is 175 Å². The van der Waals surface area contributed by atoms with Crippen LogP contribution in [0.3, 0.4) is 0 Å². The van der Waals surface area contributed by atoms with Crippen molar-refractivity contribution in [1.82, 2.24) is 20.3 Å². The van der Waals surface area contributed by atoms with Crippen LogP contribution in [0.5, 0.6) is 0 Å². The smallest absolute Gasteiger partial charge is 0.259 e. The van der Waals surface area contributed by atoms with E-state index in [0.29, 0.717) is 17.3 Å². The van der Waals surface area contributed by atoms with E-state index in [-0.39, 0.29) is 11.5 Å². The number of aromatic amines is 1. The number of H-pyrrole nitrogens is 1. The molecule has 0 aromatic carbocycles. The van der Waals surface area contributed by atoms with E-state index in [1.165, 1.54) is 40.0 Å². The van der Waals surface area contributed by atoms with Crippen molar-refractivity contribution in [2.45, 2.75) is 50.8 Å². The van der Waals surface area contributed by atoms with Gasteiger partial charge >= 0.3 is 0 Å². The van der Waals surface area contributed by atoms with E-state index in [4.69, 9.17) is 0 Å². The van der Waals surface area contributed by atoms with Crippen molar-refractivity contribution in [2.75, 3.05) is 5.75 Å². The fourth-order valence-corrected chi connectivity index (χ4v) is 6.18. The first-order valence-corrected chi connectivity index (χ1v) is 12.1. The Morgan fingerprint density at radius 3 is 2.96 bits per heavy atom. The fourth-order valence-electron chi connectivity index (χ4n) is 3.49. The van der Waals surface area contributed by atoms with Gasteiger partial charge in [-0.3, -0.25) is 9.59 Å². The van der Waals surface area contributed by atoms with E-state index in [9.17, 15) is 9.59 Å². The Balaban J connectivity index is 1.39. The number of fused-ring (bicyclic) bond motifs is 3. The van der Waals surface area contributed by atoms with Crippen molar-refractivity contribution in [1.29, 1.82) is 0 Å². The highest BCUT2D eigenvalue weighted by atomic mass is 32.2. The number of aryl methyl sites for hydroxylation is 2. The largest absolute Gasteiger partial charge is 0.344 e. The van der Waals surface area contributed by atoms with Gasteiger partial charge in [0.15, 0.2) is 0 Å². The molecule has 148 valence electrons. The molecule has 3 heterocycles. The van der Waals surface area contributed by atoms with Gasteiger partial charge in [-0.25, -0.2) is 9.97 Å². The second-order valence-electron chi connectivity index (χ2n) is 7.41. The Morgan fingerprint density at radius 1 is 1.36 bits per heavy atom. The van der Waals surface area contributed by atoms with E-state index < -0.39 is 5.54 Å². The van der Waals surface area contributed by atoms with Gasteiger partial charge in [0.25, 0.3) is 5.56 Å². The molecule has 2 N–H and O–H groups in total. The minimum atomic E-state index is -0.493. The molecule has 0 saturated carbocycles. The summed E-state index contributed by atoms with van der Waals surface area (Å²) in [5.74, 6) is 1.38. The molecule has 1 aliphatic carbocycles. The van der Waals surface area contributed by atoms with Crippen LogP contribution in [0.15, 0.2) is 16.4 Å². The zero-order chi connectivity index (χ0) is 19.7. The van der Waals surface area contributed by atoms with Crippen molar-refractivity contribution in [2.24, 2.45) is 0 Å². The summed E-state index contributed by atoms with van der Waals surface area (Å²) in [6, 6.07) is 0. The van der Waals surface area contributed by atoms with Crippen LogP contribution in [0.4, 0.5) is 0 Å². The second kappa shape index (κ2) is 7.96. The first-order valence-electron chi connectivity index (χ1n) is 9.26. The molecule has 3 aromatic heterocycles. The van der Waals surface area contributed by atoms with E-state index in [1.807, 2.05) is 19.2 Å². The molecule has 28 heavy (non-hydrogen) atoms. The zero-order valence-electron chi connectivity index (χ0n) is 15.8. The second-order valence-corrected chi connectivity index (χ2v) is 10.4. The van der Waals surface area contributed by atoms with Crippen LogP contribution in [0.2, 0.25) is 0 Å². The molecule has 1 amide bonds. The van der Waals surface area contributed by atoms with Gasteiger partial charge in [-0.15, -0.1) is 34.4 Å². The van der Waals surface area contributed by atoms with E-state index in [2.05, 4.69) is 20.3 Å². The maximum atomic E-state index is 12.6. The molecule has 0 aliphatic heterocycles. The van der Waals surface area contributed by atoms with Gasteiger partial charge < -0.3 is 10.3 Å². The highest BCUT2D eigenvalue weighted by Gasteiger charge is 2.25. The summed E-state index contributed by atoms with van der Waals surface area (Å²) < 4.78 is 0. The molecule has 0 saturated heterocycles. The summed E-state index contributed by atoms with van der Waals surface area (Å²) in [6.45, 7) is 3.89. The van der Waals surface area contributed by atoms with Crippen LogP contribution >= 0.6 is 34.4 Å². The van der Waals surface area contributed by atoms with Crippen LogP contribution in [0.25, 0.3) is 10.2 Å². The van der Waals surface area contributed by atoms with Crippen LogP contribution < -0.4 is 10.9 Å². The zero-order valence-corrected chi connectivity index (χ0v) is 18.3. The van der Waals surface area contributed by atoms with Gasteiger partial charge in [-0.05, 0) is 45.1 Å². The number of carbonyl (C=O) groups excluding carboxylic acids is 1. The van der Waals surface area contributed by atoms with E-state index in [1.54, 1.807) is 17.5 Å². The van der Waals surface area contributed by atoms with Crippen molar-refractivity contribution in [3.63, 3.8) is 0 Å². The molecule has 4 rings (SSSR count). The summed E-state index contributed by atoms with van der Waals surface area (Å²) >= 11 is 4.62. The molecule has 3 aromatic rings. The predicted molar refractivity (Wildman–Crippen MR) is 116 cm³/mol. The highest BCUT2D eigenvalue weighted by molar-refractivity contribution is 7.99. The van der Waals surface area contributed by atoms with Gasteiger partial charge in [-0.2, -0.15) is 0 Å². The minimum absolute atomic E-state index is 0.0469. The average molecular weight is 435 g/mol. The molecule has 0 spiro atoms. The maximum absolute atomic E-state index is 12.6. The number of carbonyl (C=O) groups is 1. The first-order chi connectivity index (χ1) is 13.4. The van der Waals surface area contributed by atoms with Gasteiger partial charge in [-0.1, -0.05) is 0 Å². The lowest BCUT2D eigenvalue weighted by molar-refractivity contribution is -0.120. The Hall–Kier alpha value is -1.71. The van der Waals surface area contributed by atoms with Crippen molar-refractivity contribution >= 4 is 50.6 Å². The highest BCUT2D eigenvalue weighted by Crippen LogP contribution is 2.33. The first kappa shape index (κ1) is 19.6. The molecule has 6 nitrogen and oxygen atoms in total. The third-order valence-electron chi connectivity index (χ3n) is 4.76. The van der Waals surface area contributed by atoms with Crippen LogP contribution in [-0.2, 0) is 28.9 Å². The molecule has 0 unspecified atom stereocenters. The molecular weight excluding hydrogens is 412 g/mol. The third-order valence-corrected chi connectivity index (χ3v) is 7.99. The summed E-state index contributed by atoms with van der Waals surface area (Å²) in [5, 5.41) is 6.57. The lowest BCUT2D eigenvalue weighted by Crippen LogP contribution is -2.41. The maximum Gasteiger partial charge on any atom is 0.259 e. The third kappa shape index (κ3) is 4.01. The normalized spacial score (nSPS) is 14.2. The van der Waals surface area contributed by atoms with E-state index in [0.717, 1.165) is 34.5 Å². The number of rotatable bonds is 6. The van der Waals surface area contributed by atoms with Crippen molar-refractivity contribution in [3.05, 3.63) is 43.2 Å². The van der Waals surface area contributed by atoms with Crippen LogP contribution in [0, 0.1) is 0 Å². The van der Waals surface area contributed by atoms with E-state index >= 15 is 0 Å².